The molecule has 156 valence electrons. The summed E-state index contributed by atoms with van der Waals surface area (Å²) in [6, 6.07) is 10.7. The second kappa shape index (κ2) is 8.82. The maximum absolute atomic E-state index is 12.5. The van der Waals surface area contributed by atoms with Crippen LogP contribution in [0, 0.1) is 13.8 Å². The number of aryl methyl sites for hydroxylation is 1. The van der Waals surface area contributed by atoms with Gasteiger partial charge in [-0.2, -0.15) is 0 Å². The predicted octanol–water partition coefficient (Wildman–Crippen LogP) is 2.66. The van der Waals surface area contributed by atoms with Gasteiger partial charge in [0.15, 0.2) is 16.4 Å². The maximum Gasteiger partial charge on any atom is 0.309 e. The van der Waals surface area contributed by atoms with Crippen LogP contribution >= 0.6 is 0 Å². The highest BCUT2D eigenvalue weighted by atomic mass is 32.2. The van der Waals surface area contributed by atoms with Crippen molar-refractivity contribution in [3.63, 3.8) is 0 Å². The van der Waals surface area contributed by atoms with E-state index in [1.54, 1.807) is 25.1 Å². The van der Waals surface area contributed by atoms with E-state index in [2.05, 4.69) is 0 Å². The molecule has 0 radical (unpaired) electrons. The van der Waals surface area contributed by atoms with E-state index in [1.165, 1.54) is 0 Å². The van der Waals surface area contributed by atoms with Crippen molar-refractivity contribution < 1.29 is 27.5 Å². The van der Waals surface area contributed by atoms with Crippen LogP contribution in [0.15, 0.2) is 36.4 Å². The fourth-order valence-corrected chi connectivity index (χ4v) is 5.37. The minimum atomic E-state index is -3.03. The van der Waals surface area contributed by atoms with E-state index in [9.17, 15) is 18.0 Å². The number of sulfone groups is 1. The molecule has 0 saturated carbocycles. The van der Waals surface area contributed by atoms with Gasteiger partial charge in [0, 0.05) is 23.0 Å². The number of Topliss-reactive ketones (excluding diaryl/α,β-unsaturated/α-hetero) is 1. The van der Waals surface area contributed by atoms with Crippen LogP contribution in [-0.4, -0.2) is 49.5 Å². The monoisotopic (exact) mass is 419 g/mol. The Morgan fingerprint density at radius 3 is 2.55 bits per heavy atom. The lowest BCUT2D eigenvalue weighted by Crippen LogP contribution is -2.17. The molecular weight excluding hydrogens is 394 g/mol. The Balaban J connectivity index is 1.53. The average molecular weight is 419 g/mol. The third-order valence-electron chi connectivity index (χ3n) is 5.04. The number of hydrogen-bond donors (Lipinski definition) is 0. The Morgan fingerprint density at radius 2 is 1.90 bits per heavy atom. The third kappa shape index (κ3) is 5.26. The summed E-state index contributed by atoms with van der Waals surface area (Å²) in [5.74, 6) is 0.110. The molecule has 7 nitrogen and oxygen atoms in total. The zero-order chi connectivity index (χ0) is 21.0. The number of hydrogen-bond acceptors (Lipinski definition) is 6. The van der Waals surface area contributed by atoms with E-state index >= 15 is 0 Å². The van der Waals surface area contributed by atoms with E-state index < -0.39 is 15.8 Å². The van der Waals surface area contributed by atoms with Crippen LogP contribution in [0.3, 0.4) is 0 Å². The molecule has 2 heterocycles. The van der Waals surface area contributed by atoms with E-state index in [0.717, 1.165) is 5.69 Å². The number of aromatic nitrogens is 1. The van der Waals surface area contributed by atoms with Gasteiger partial charge in [-0.1, -0.05) is 18.2 Å². The first kappa shape index (κ1) is 21.1. The van der Waals surface area contributed by atoms with Crippen LogP contribution in [0.1, 0.15) is 40.6 Å². The predicted molar refractivity (Wildman–Crippen MR) is 108 cm³/mol. The molecule has 1 aromatic heterocycles. The fourth-order valence-electron chi connectivity index (χ4n) is 3.67. The minimum Gasteiger partial charge on any atom is -0.493 e. The summed E-state index contributed by atoms with van der Waals surface area (Å²) in [6.45, 7) is 3.46. The zero-order valence-electron chi connectivity index (χ0n) is 16.6. The molecule has 1 saturated heterocycles. The minimum absolute atomic E-state index is 0.0428. The molecule has 1 aliphatic rings. The van der Waals surface area contributed by atoms with Gasteiger partial charge in [0.05, 0.1) is 24.5 Å². The molecule has 1 atom stereocenters. The lowest BCUT2D eigenvalue weighted by atomic mass is 10.1. The lowest BCUT2D eigenvalue weighted by molar-refractivity contribution is -0.143. The summed E-state index contributed by atoms with van der Waals surface area (Å²) >= 11 is 0. The van der Waals surface area contributed by atoms with Crippen molar-refractivity contribution in [1.82, 2.24) is 4.57 Å². The lowest BCUT2D eigenvalue weighted by Gasteiger charge is -2.16. The van der Waals surface area contributed by atoms with Gasteiger partial charge < -0.3 is 14.0 Å². The molecule has 0 unspecified atom stereocenters. The number of carbonyl (C=O) groups excluding carboxylic acids is 2. The highest BCUT2D eigenvalue weighted by Crippen LogP contribution is 2.29. The number of esters is 1. The molecule has 1 fully saturated rings. The molecule has 0 aliphatic carbocycles. The largest absolute Gasteiger partial charge is 0.493 e. The Kier molecular flexibility index (Phi) is 6.42. The van der Waals surface area contributed by atoms with Crippen molar-refractivity contribution in [2.45, 2.75) is 32.7 Å². The number of ketones is 1. The smallest absolute Gasteiger partial charge is 0.309 e. The van der Waals surface area contributed by atoms with Crippen molar-refractivity contribution in [2.24, 2.45) is 0 Å². The number of nitrogens with zero attached hydrogens (tertiary/aromatic N) is 1. The third-order valence-corrected chi connectivity index (χ3v) is 6.79. The van der Waals surface area contributed by atoms with Crippen LogP contribution in [0.25, 0.3) is 0 Å². The van der Waals surface area contributed by atoms with Crippen LogP contribution in [0.2, 0.25) is 0 Å². The summed E-state index contributed by atoms with van der Waals surface area (Å²) in [4.78, 5) is 24.4. The normalized spacial score (nSPS) is 17.8. The molecule has 1 aromatic carbocycles. The van der Waals surface area contributed by atoms with Crippen molar-refractivity contribution in [3.05, 3.63) is 53.3 Å². The summed E-state index contributed by atoms with van der Waals surface area (Å²) < 4.78 is 36.0. The summed E-state index contributed by atoms with van der Waals surface area (Å²) in [7, 11) is -3.03. The summed E-state index contributed by atoms with van der Waals surface area (Å²) in [5, 5.41) is 0. The molecule has 29 heavy (non-hydrogen) atoms. The number of benzene rings is 1. The number of rotatable bonds is 8. The highest BCUT2D eigenvalue weighted by molar-refractivity contribution is 7.91. The highest BCUT2D eigenvalue weighted by Gasteiger charge is 2.31. The molecule has 0 N–H and O–H groups in total. The molecule has 1 aliphatic heterocycles. The van der Waals surface area contributed by atoms with E-state index in [-0.39, 0.29) is 43.0 Å². The Bertz CT molecular complexity index is 994. The van der Waals surface area contributed by atoms with Gasteiger partial charge >= 0.3 is 5.97 Å². The van der Waals surface area contributed by atoms with Crippen molar-refractivity contribution in [2.75, 3.05) is 24.7 Å². The summed E-state index contributed by atoms with van der Waals surface area (Å²) in [6.07, 6.45) is 0.587. The number of para-hydroxylation sites is 1. The Morgan fingerprint density at radius 1 is 1.17 bits per heavy atom. The topological polar surface area (TPSA) is 91.7 Å². The van der Waals surface area contributed by atoms with Gasteiger partial charge in [-0.15, -0.1) is 0 Å². The van der Waals surface area contributed by atoms with Crippen LogP contribution < -0.4 is 4.74 Å². The average Bonchev–Trinajstić information content (AvgIpc) is 3.18. The van der Waals surface area contributed by atoms with Gasteiger partial charge in [0.1, 0.15) is 5.75 Å². The van der Waals surface area contributed by atoms with Crippen molar-refractivity contribution >= 4 is 21.6 Å². The van der Waals surface area contributed by atoms with Crippen molar-refractivity contribution in [1.29, 1.82) is 0 Å². The summed E-state index contributed by atoms with van der Waals surface area (Å²) in [5.41, 5.74) is 1.99. The maximum atomic E-state index is 12.5. The van der Waals surface area contributed by atoms with Crippen LogP contribution in [0.5, 0.6) is 5.75 Å². The van der Waals surface area contributed by atoms with Gasteiger partial charge in [0.2, 0.25) is 5.78 Å². The molecule has 0 amide bonds. The van der Waals surface area contributed by atoms with Crippen LogP contribution in [-0.2, 0) is 19.4 Å². The second-order valence-electron chi connectivity index (χ2n) is 7.21. The van der Waals surface area contributed by atoms with E-state index in [0.29, 0.717) is 23.4 Å². The first-order valence-corrected chi connectivity index (χ1v) is 11.3. The zero-order valence-corrected chi connectivity index (χ0v) is 17.4. The molecule has 0 bridgehead atoms. The first-order valence-electron chi connectivity index (χ1n) is 9.52. The second-order valence-corrected chi connectivity index (χ2v) is 9.44. The van der Waals surface area contributed by atoms with E-state index in [4.69, 9.17) is 9.47 Å². The van der Waals surface area contributed by atoms with Gasteiger partial charge in [-0.3, -0.25) is 9.59 Å². The SMILES string of the molecule is Cc1cc(C(=O)COC(=O)CCOc2ccccc2)c(C)n1[C@@H]1CCS(=O)(=O)C1. The molecule has 3 rings (SSSR count). The van der Waals surface area contributed by atoms with Gasteiger partial charge in [-0.05, 0) is 38.5 Å². The Hall–Kier alpha value is -2.61. The molecular formula is C21H25NO6S. The van der Waals surface area contributed by atoms with Gasteiger partial charge in [0.25, 0.3) is 0 Å². The van der Waals surface area contributed by atoms with Crippen molar-refractivity contribution in [3.8, 4) is 5.75 Å². The number of ether oxygens (including phenoxy) is 2. The Labute approximate surface area is 170 Å². The standard InChI is InChI=1S/C21H25NO6S/c1-15-12-19(16(2)22(15)17-9-11-29(25,26)14-17)20(23)13-28-21(24)8-10-27-18-6-4-3-5-7-18/h3-7,12,17H,8-11,13-14H2,1-2H3/t17-/m1/s1. The molecule has 8 heteroatoms. The van der Waals surface area contributed by atoms with Crippen LogP contribution in [0.4, 0.5) is 0 Å². The van der Waals surface area contributed by atoms with Gasteiger partial charge in [-0.25, -0.2) is 8.42 Å². The number of carbonyl (C=O) groups is 2. The quantitative estimate of drug-likeness (QED) is 0.483. The molecule has 2 aromatic rings. The molecule has 0 spiro atoms. The fraction of sp³-hybridized carbons (Fsp3) is 0.429. The first-order chi connectivity index (χ1) is 13.8. The van der Waals surface area contributed by atoms with E-state index in [1.807, 2.05) is 29.7 Å².